The quantitative estimate of drug-likeness (QED) is 0.876. The van der Waals surface area contributed by atoms with Gasteiger partial charge in [0.25, 0.3) is 0 Å². The first-order chi connectivity index (χ1) is 12.7. The molecule has 0 radical (unpaired) electrons. The Labute approximate surface area is 155 Å². The van der Waals surface area contributed by atoms with E-state index in [2.05, 4.69) is 24.3 Å². The van der Waals surface area contributed by atoms with Crippen molar-refractivity contribution in [3.63, 3.8) is 0 Å². The van der Waals surface area contributed by atoms with Crippen LogP contribution in [0, 0.1) is 5.92 Å². The van der Waals surface area contributed by atoms with E-state index in [1.165, 1.54) is 35.3 Å². The van der Waals surface area contributed by atoms with Gasteiger partial charge in [-0.05, 0) is 49.1 Å². The second-order valence-corrected chi connectivity index (χ2v) is 7.96. The number of fused-ring (bicyclic) bond motifs is 1. The van der Waals surface area contributed by atoms with Crippen molar-refractivity contribution in [1.82, 2.24) is 9.80 Å². The van der Waals surface area contributed by atoms with Gasteiger partial charge in [-0.15, -0.1) is 0 Å². The zero-order valence-electron chi connectivity index (χ0n) is 15.3. The molecule has 2 aliphatic heterocycles. The van der Waals surface area contributed by atoms with Crippen molar-refractivity contribution >= 4 is 12.0 Å². The summed E-state index contributed by atoms with van der Waals surface area (Å²) >= 11 is 0. The number of carbonyl (C=O) groups is 2. The lowest BCUT2D eigenvalue weighted by atomic mass is 9.77. The number of nitrogens with zero attached hydrogens (tertiary/aromatic N) is 2. The molecule has 1 saturated carbocycles. The van der Waals surface area contributed by atoms with Gasteiger partial charge in [-0.3, -0.25) is 9.69 Å². The molecule has 2 fully saturated rings. The van der Waals surface area contributed by atoms with Crippen LogP contribution in [0.3, 0.4) is 0 Å². The van der Waals surface area contributed by atoms with Crippen molar-refractivity contribution in [3.05, 3.63) is 35.4 Å². The van der Waals surface area contributed by atoms with Gasteiger partial charge in [-0.25, -0.2) is 4.79 Å². The Morgan fingerprint density at radius 2 is 1.69 bits per heavy atom. The van der Waals surface area contributed by atoms with E-state index in [1.54, 1.807) is 0 Å². The van der Waals surface area contributed by atoms with E-state index < -0.39 is 12.1 Å². The summed E-state index contributed by atoms with van der Waals surface area (Å²) in [5, 5.41) is 9.46. The Kier molecular flexibility index (Phi) is 4.88. The molecule has 0 aromatic heterocycles. The normalized spacial score (nSPS) is 26.6. The minimum absolute atomic E-state index is 0.0231. The SMILES string of the molecule is O=C([C@@H]1CCCN1C(=O)O)N1CCc2ccccc2C1C1CCCCC1. The minimum atomic E-state index is -0.965. The molecule has 4 rings (SSSR count). The lowest BCUT2D eigenvalue weighted by Gasteiger charge is -2.44. The summed E-state index contributed by atoms with van der Waals surface area (Å²) < 4.78 is 0. The molecule has 1 aromatic carbocycles. The molecular weight excluding hydrogens is 328 g/mol. The molecule has 1 N–H and O–H groups in total. The van der Waals surface area contributed by atoms with E-state index in [0.717, 1.165) is 25.7 Å². The number of carbonyl (C=O) groups excluding carboxylic acids is 1. The van der Waals surface area contributed by atoms with Crippen LogP contribution in [-0.2, 0) is 11.2 Å². The second kappa shape index (κ2) is 7.29. The molecule has 2 heterocycles. The smallest absolute Gasteiger partial charge is 0.407 e. The van der Waals surface area contributed by atoms with Crippen LogP contribution < -0.4 is 0 Å². The lowest BCUT2D eigenvalue weighted by molar-refractivity contribution is -0.140. The Balaban J connectivity index is 1.65. The molecule has 1 saturated heterocycles. The molecule has 140 valence electrons. The highest BCUT2D eigenvalue weighted by atomic mass is 16.4. The number of benzene rings is 1. The van der Waals surface area contributed by atoms with Gasteiger partial charge in [0.05, 0.1) is 6.04 Å². The van der Waals surface area contributed by atoms with Crippen molar-refractivity contribution in [2.75, 3.05) is 13.1 Å². The molecule has 5 nitrogen and oxygen atoms in total. The highest BCUT2D eigenvalue weighted by Crippen LogP contribution is 2.42. The third-order valence-electron chi connectivity index (χ3n) is 6.49. The topological polar surface area (TPSA) is 60.9 Å². The Hall–Kier alpha value is -2.04. The van der Waals surface area contributed by atoms with Crippen molar-refractivity contribution in [2.24, 2.45) is 5.92 Å². The van der Waals surface area contributed by atoms with E-state index in [9.17, 15) is 14.7 Å². The first-order valence-corrected chi connectivity index (χ1v) is 10.0. The summed E-state index contributed by atoms with van der Waals surface area (Å²) in [6.45, 7) is 1.19. The summed E-state index contributed by atoms with van der Waals surface area (Å²) in [7, 11) is 0. The minimum Gasteiger partial charge on any atom is -0.465 e. The van der Waals surface area contributed by atoms with E-state index in [1.807, 2.05) is 4.90 Å². The molecular formula is C21H28N2O3. The largest absolute Gasteiger partial charge is 0.465 e. The second-order valence-electron chi connectivity index (χ2n) is 7.96. The van der Waals surface area contributed by atoms with Gasteiger partial charge in [0.15, 0.2) is 0 Å². The van der Waals surface area contributed by atoms with Gasteiger partial charge in [0.2, 0.25) is 5.91 Å². The number of carboxylic acid groups (broad SMARTS) is 1. The van der Waals surface area contributed by atoms with Crippen LogP contribution in [0.15, 0.2) is 24.3 Å². The molecule has 26 heavy (non-hydrogen) atoms. The van der Waals surface area contributed by atoms with Crippen molar-refractivity contribution in [1.29, 1.82) is 0 Å². The molecule has 1 aliphatic carbocycles. The summed E-state index contributed by atoms with van der Waals surface area (Å²) in [4.78, 5) is 28.3. The monoisotopic (exact) mass is 356 g/mol. The third-order valence-corrected chi connectivity index (χ3v) is 6.49. The Bertz CT molecular complexity index is 684. The van der Waals surface area contributed by atoms with Gasteiger partial charge < -0.3 is 10.0 Å². The first kappa shape index (κ1) is 17.4. The average Bonchev–Trinajstić information content (AvgIpc) is 3.17. The van der Waals surface area contributed by atoms with Crippen LogP contribution in [0.25, 0.3) is 0 Å². The Morgan fingerprint density at radius 1 is 0.923 bits per heavy atom. The van der Waals surface area contributed by atoms with Crippen molar-refractivity contribution in [3.8, 4) is 0 Å². The van der Waals surface area contributed by atoms with E-state index >= 15 is 0 Å². The number of hydrogen-bond acceptors (Lipinski definition) is 2. The van der Waals surface area contributed by atoms with Crippen LogP contribution >= 0.6 is 0 Å². The number of amides is 2. The fraction of sp³-hybridized carbons (Fsp3) is 0.619. The molecule has 5 heteroatoms. The van der Waals surface area contributed by atoms with E-state index in [4.69, 9.17) is 0 Å². The van der Waals surface area contributed by atoms with Crippen molar-refractivity contribution < 1.29 is 14.7 Å². The number of likely N-dealkylation sites (tertiary alicyclic amines) is 1. The van der Waals surface area contributed by atoms with E-state index in [0.29, 0.717) is 25.4 Å². The highest BCUT2D eigenvalue weighted by molar-refractivity contribution is 5.86. The first-order valence-electron chi connectivity index (χ1n) is 10.0. The molecule has 2 amide bonds. The molecule has 1 aromatic rings. The van der Waals surface area contributed by atoms with Gasteiger partial charge in [-0.2, -0.15) is 0 Å². The van der Waals surface area contributed by atoms with Gasteiger partial charge >= 0.3 is 6.09 Å². The van der Waals surface area contributed by atoms with Crippen LogP contribution in [-0.4, -0.2) is 46.0 Å². The fourth-order valence-corrected chi connectivity index (χ4v) is 5.25. The highest BCUT2D eigenvalue weighted by Gasteiger charge is 2.42. The maximum Gasteiger partial charge on any atom is 0.407 e. The standard InChI is InChI=1S/C21H28N2O3/c24-20(18-11-6-13-22(18)21(25)26)23-14-12-15-7-4-5-10-17(15)19(23)16-8-2-1-3-9-16/h4-5,7,10,16,18-19H,1-3,6,8-9,11-14H2,(H,25,26)/t18-,19?/m0/s1. The summed E-state index contributed by atoms with van der Waals surface area (Å²) in [5.74, 6) is 0.517. The van der Waals surface area contributed by atoms with Crippen LogP contribution in [0.1, 0.15) is 62.1 Å². The fourth-order valence-electron chi connectivity index (χ4n) is 5.25. The van der Waals surface area contributed by atoms with Gasteiger partial charge in [-0.1, -0.05) is 43.5 Å². The zero-order valence-corrected chi connectivity index (χ0v) is 15.3. The van der Waals surface area contributed by atoms with Crippen molar-refractivity contribution in [2.45, 2.75) is 63.5 Å². The van der Waals surface area contributed by atoms with Crippen LogP contribution in [0.4, 0.5) is 4.79 Å². The third kappa shape index (κ3) is 3.08. The maximum absolute atomic E-state index is 13.4. The predicted octanol–water partition coefficient (Wildman–Crippen LogP) is 3.84. The van der Waals surface area contributed by atoms with Crippen LogP contribution in [0.5, 0.6) is 0 Å². The number of rotatable bonds is 2. The number of hydrogen-bond donors (Lipinski definition) is 1. The molecule has 3 aliphatic rings. The lowest BCUT2D eigenvalue weighted by Crippen LogP contribution is -2.52. The predicted molar refractivity (Wildman–Crippen MR) is 98.9 cm³/mol. The summed E-state index contributed by atoms with van der Waals surface area (Å²) in [5.41, 5.74) is 2.65. The van der Waals surface area contributed by atoms with E-state index in [-0.39, 0.29) is 11.9 Å². The van der Waals surface area contributed by atoms with Gasteiger partial charge in [0.1, 0.15) is 6.04 Å². The summed E-state index contributed by atoms with van der Waals surface area (Å²) in [6, 6.07) is 8.14. The average molecular weight is 356 g/mol. The maximum atomic E-state index is 13.4. The van der Waals surface area contributed by atoms with Gasteiger partial charge in [0, 0.05) is 13.1 Å². The summed E-state index contributed by atoms with van der Waals surface area (Å²) in [6.07, 6.45) is 7.41. The molecule has 1 unspecified atom stereocenters. The molecule has 2 atom stereocenters. The van der Waals surface area contributed by atoms with Crippen LogP contribution in [0.2, 0.25) is 0 Å². The zero-order chi connectivity index (χ0) is 18.1. The molecule has 0 bridgehead atoms. The molecule has 0 spiro atoms. The Morgan fingerprint density at radius 3 is 2.46 bits per heavy atom.